The molecule has 0 saturated carbocycles. The SMILES string of the molecule is c1ccc(-c2cccc(-c3c4ccccc4c(-c4ccc5ccc(-c6cc7ccccc7c7ccccc67)cc5c4)c4ccccc34)c2)cc1.c1ccc(-c2cccc(-c3c4ccccc4c(-c4ccc5ccc(-c6ccc7c8ccccc8c8ccccc8c7c6)cc5c4)c4ccccc34)c2)cc1. The minimum Gasteiger partial charge on any atom is -0.0622 e. The van der Waals surface area contributed by atoms with Gasteiger partial charge >= 0.3 is 0 Å². The van der Waals surface area contributed by atoms with E-state index in [1.54, 1.807) is 0 Å². The molecule has 21 aromatic rings. The van der Waals surface area contributed by atoms with Gasteiger partial charge in [0.1, 0.15) is 0 Å². The molecule has 21 rings (SSSR count). The predicted octanol–water partition coefficient (Wildman–Crippen LogP) is 29.4. The van der Waals surface area contributed by atoms with Gasteiger partial charge in [0.15, 0.2) is 0 Å². The highest BCUT2D eigenvalue weighted by Gasteiger charge is 2.21. The standard InChI is InChI=1S/C54H34.C50H32/c1-2-13-35(14-3-1)37-15-12-16-40(31-37)53-48-21-8-10-23-50(48)54(51-24-11-9-22-49(51)53)41-28-26-36-25-27-38(32-42(36)33-41)39-29-30-47-45-19-5-4-17-43(45)44-18-6-7-20-46(44)52(47)34-39;1-2-13-33(14-3-1)35-16-12-17-38(29-35)49-44-21-8-10-23-46(44)50(47-24-11-9-22-45(47)49)39-28-26-34-25-27-37(30-40(34)31-39)48-32-36-15-4-5-18-41(36)42-19-6-7-20-43(42)48/h1-34H;1-32H. The lowest BCUT2D eigenvalue weighted by atomic mass is 9.85. The van der Waals surface area contributed by atoms with Gasteiger partial charge in [-0.3, -0.25) is 0 Å². The fourth-order valence-corrected chi connectivity index (χ4v) is 17.0. The van der Waals surface area contributed by atoms with Gasteiger partial charge in [-0.05, 0) is 256 Å². The molecule has 0 heterocycles. The second-order valence-corrected chi connectivity index (χ2v) is 27.7. The second-order valence-electron chi connectivity index (χ2n) is 27.7. The summed E-state index contributed by atoms with van der Waals surface area (Å²) in [7, 11) is 0. The van der Waals surface area contributed by atoms with E-state index in [1.807, 2.05) is 0 Å². The van der Waals surface area contributed by atoms with Crippen molar-refractivity contribution in [3.05, 3.63) is 400 Å². The monoisotopic (exact) mass is 1310 g/mol. The molecule has 0 unspecified atom stereocenters. The molecule has 0 N–H and O–H groups in total. The molecule has 0 aliphatic carbocycles. The zero-order chi connectivity index (χ0) is 68.6. The average Bonchev–Trinajstić information content (AvgIpc) is 0.748. The van der Waals surface area contributed by atoms with E-state index in [-0.39, 0.29) is 0 Å². The topological polar surface area (TPSA) is 0 Å². The van der Waals surface area contributed by atoms with Crippen LogP contribution in [0.4, 0.5) is 0 Å². The van der Waals surface area contributed by atoms with Crippen LogP contribution in [0.3, 0.4) is 0 Å². The van der Waals surface area contributed by atoms with Crippen LogP contribution < -0.4 is 0 Å². The molecule has 0 fully saturated rings. The Balaban J connectivity index is 0.000000139. The van der Waals surface area contributed by atoms with Crippen LogP contribution in [0.25, 0.3) is 208 Å². The summed E-state index contributed by atoms with van der Waals surface area (Å²) >= 11 is 0. The van der Waals surface area contributed by atoms with E-state index < -0.39 is 0 Å². The maximum absolute atomic E-state index is 2.40. The molecular formula is C104H66. The van der Waals surface area contributed by atoms with Gasteiger partial charge in [-0.1, -0.05) is 352 Å². The smallest absolute Gasteiger partial charge is 0.00262 e. The number of fused-ring (bicyclic) bond motifs is 15. The molecule has 0 spiro atoms. The highest BCUT2D eigenvalue weighted by atomic mass is 14.2. The molecule has 0 heteroatoms. The molecule has 0 radical (unpaired) electrons. The van der Waals surface area contributed by atoms with E-state index >= 15 is 0 Å². The van der Waals surface area contributed by atoms with Gasteiger partial charge in [-0.25, -0.2) is 0 Å². The van der Waals surface area contributed by atoms with E-state index in [0.717, 1.165) is 0 Å². The van der Waals surface area contributed by atoms with Crippen LogP contribution in [0.5, 0.6) is 0 Å². The van der Waals surface area contributed by atoms with Crippen LogP contribution in [-0.4, -0.2) is 0 Å². The van der Waals surface area contributed by atoms with Crippen molar-refractivity contribution in [2.24, 2.45) is 0 Å². The van der Waals surface area contributed by atoms with Gasteiger partial charge in [0.2, 0.25) is 0 Å². The zero-order valence-electron chi connectivity index (χ0n) is 57.1. The van der Waals surface area contributed by atoms with Crippen LogP contribution in [0, 0.1) is 0 Å². The Labute approximate surface area is 603 Å². The average molecular weight is 1320 g/mol. The fourth-order valence-electron chi connectivity index (χ4n) is 17.0. The number of hydrogen-bond acceptors (Lipinski definition) is 0. The van der Waals surface area contributed by atoms with Crippen molar-refractivity contribution < 1.29 is 0 Å². The molecule has 482 valence electrons. The summed E-state index contributed by atoms with van der Waals surface area (Å²) in [6, 6.07) is 147. The summed E-state index contributed by atoms with van der Waals surface area (Å²) in [5.74, 6) is 0. The van der Waals surface area contributed by atoms with Gasteiger partial charge in [-0.15, -0.1) is 0 Å². The summed E-state index contributed by atoms with van der Waals surface area (Å²) < 4.78 is 0. The lowest BCUT2D eigenvalue weighted by molar-refractivity contribution is 1.61. The minimum absolute atomic E-state index is 1.22. The van der Waals surface area contributed by atoms with E-state index in [9.17, 15) is 0 Å². The van der Waals surface area contributed by atoms with Crippen molar-refractivity contribution in [3.8, 4) is 89.0 Å². The van der Waals surface area contributed by atoms with E-state index in [2.05, 4.69) is 400 Å². The van der Waals surface area contributed by atoms with E-state index in [1.165, 1.54) is 208 Å². The van der Waals surface area contributed by atoms with E-state index in [4.69, 9.17) is 0 Å². The molecule has 0 atom stereocenters. The van der Waals surface area contributed by atoms with Crippen LogP contribution in [-0.2, 0) is 0 Å². The maximum Gasteiger partial charge on any atom is -0.00262 e. The highest BCUT2D eigenvalue weighted by molar-refractivity contribution is 6.27. The first-order valence-electron chi connectivity index (χ1n) is 36.1. The summed E-state index contributed by atoms with van der Waals surface area (Å²) in [4.78, 5) is 0. The highest BCUT2D eigenvalue weighted by Crippen LogP contribution is 2.48. The number of hydrogen-bond donors (Lipinski definition) is 0. The molecule has 0 aliphatic heterocycles. The molecule has 0 bridgehead atoms. The van der Waals surface area contributed by atoms with Gasteiger partial charge in [0, 0.05) is 0 Å². The molecule has 0 aromatic heterocycles. The second kappa shape index (κ2) is 25.3. The molecule has 104 heavy (non-hydrogen) atoms. The maximum atomic E-state index is 2.40. The van der Waals surface area contributed by atoms with Crippen molar-refractivity contribution >= 4 is 118 Å². The molecule has 0 saturated heterocycles. The quantitative estimate of drug-likeness (QED) is 0.105. The zero-order valence-corrected chi connectivity index (χ0v) is 57.1. The third kappa shape index (κ3) is 10.4. The Hall–Kier alpha value is -13.5. The molecule has 0 nitrogen and oxygen atoms in total. The number of benzene rings is 21. The first-order chi connectivity index (χ1) is 51.6. The molecule has 0 aliphatic rings. The largest absolute Gasteiger partial charge is 0.0622 e. The van der Waals surface area contributed by atoms with Crippen LogP contribution in [0.2, 0.25) is 0 Å². The fraction of sp³-hybridized carbons (Fsp3) is 0. The lowest BCUT2D eigenvalue weighted by Gasteiger charge is -2.18. The normalized spacial score (nSPS) is 11.7. The third-order valence-electron chi connectivity index (χ3n) is 21.8. The summed E-state index contributed by atoms with van der Waals surface area (Å²) in [6.07, 6.45) is 0. The van der Waals surface area contributed by atoms with Gasteiger partial charge in [-0.2, -0.15) is 0 Å². The Bertz CT molecular complexity index is 6870. The Kier molecular flexibility index (Phi) is 14.7. The van der Waals surface area contributed by atoms with E-state index in [0.29, 0.717) is 0 Å². The summed E-state index contributed by atoms with van der Waals surface area (Å²) in [5, 5.41) is 28.0. The minimum atomic E-state index is 1.22. The Morgan fingerprint density at radius 3 is 0.788 bits per heavy atom. The third-order valence-corrected chi connectivity index (χ3v) is 21.8. The number of rotatable bonds is 8. The molecule has 0 amide bonds. The lowest BCUT2D eigenvalue weighted by Crippen LogP contribution is -1.91. The van der Waals surface area contributed by atoms with Crippen molar-refractivity contribution in [2.75, 3.05) is 0 Å². The van der Waals surface area contributed by atoms with Gasteiger partial charge in [0.05, 0.1) is 0 Å². The van der Waals surface area contributed by atoms with Crippen LogP contribution in [0.1, 0.15) is 0 Å². The summed E-state index contributed by atoms with van der Waals surface area (Å²) in [6.45, 7) is 0. The molecular weight excluding hydrogens is 1250 g/mol. The van der Waals surface area contributed by atoms with Crippen LogP contribution >= 0.6 is 0 Å². The first kappa shape index (κ1) is 60.4. The Morgan fingerprint density at radius 1 is 0.0962 bits per heavy atom. The van der Waals surface area contributed by atoms with Gasteiger partial charge in [0.25, 0.3) is 0 Å². The van der Waals surface area contributed by atoms with Crippen molar-refractivity contribution in [2.45, 2.75) is 0 Å². The van der Waals surface area contributed by atoms with Gasteiger partial charge < -0.3 is 0 Å². The molecule has 21 aromatic carbocycles. The van der Waals surface area contributed by atoms with Crippen molar-refractivity contribution in [1.29, 1.82) is 0 Å². The predicted molar refractivity (Wildman–Crippen MR) is 449 cm³/mol. The summed E-state index contributed by atoms with van der Waals surface area (Å²) in [5.41, 5.74) is 19.9. The van der Waals surface area contributed by atoms with Crippen molar-refractivity contribution in [3.63, 3.8) is 0 Å². The van der Waals surface area contributed by atoms with Crippen molar-refractivity contribution in [1.82, 2.24) is 0 Å². The van der Waals surface area contributed by atoms with Crippen LogP contribution in [0.15, 0.2) is 400 Å². The first-order valence-corrected chi connectivity index (χ1v) is 36.1. The Morgan fingerprint density at radius 2 is 0.356 bits per heavy atom.